The van der Waals surface area contributed by atoms with E-state index in [1.54, 1.807) is 6.92 Å². The molecule has 1 aliphatic carbocycles. The van der Waals surface area contributed by atoms with Crippen LogP contribution in [-0.2, 0) is 14.4 Å². The van der Waals surface area contributed by atoms with Gasteiger partial charge in [-0.2, -0.15) is 0 Å². The molecular formula is C17H25N3O4S. The molecule has 2 heterocycles. The van der Waals surface area contributed by atoms with Gasteiger partial charge in [0.1, 0.15) is 17.5 Å². The number of fused-ring (bicyclic) bond motifs is 1. The number of carbonyl (C=O) groups excluding carboxylic acids is 2. The average molecular weight is 367 g/mol. The molecule has 2 fully saturated rings. The van der Waals surface area contributed by atoms with Crippen LogP contribution in [0.1, 0.15) is 40.0 Å². The van der Waals surface area contributed by atoms with Crippen molar-refractivity contribution in [3.63, 3.8) is 0 Å². The summed E-state index contributed by atoms with van der Waals surface area (Å²) in [6.45, 7) is 5.32. The van der Waals surface area contributed by atoms with Gasteiger partial charge in [-0.15, -0.1) is 11.8 Å². The summed E-state index contributed by atoms with van der Waals surface area (Å²) >= 11 is 1.41. The Morgan fingerprint density at radius 2 is 2.12 bits per heavy atom. The van der Waals surface area contributed by atoms with Gasteiger partial charge < -0.3 is 21.1 Å². The van der Waals surface area contributed by atoms with Crippen molar-refractivity contribution in [1.82, 2.24) is 10.2 Å². The fraction of sp³-hybridized carbons (Fsp3) is 0.706. The van der Waals surface area contributed by atoms with Crippen LogP contribution in [0.3, 0.4) is 0 Å². The molecule has 2 aliphatic heterocycles. The Kier molecular flexibility index (Phi) is 4.39. The van der Waals surface area contributed by atoms with Crippen molar-refractivity contribution in [1.29, 1.82) is 0 Å². The number of nitrogens with two attached hydrogens (primary N) is 1. The third-order valence-corrected chi connectivity index (χ3v) is 7.14. The summed E-state index contributed by atoms with van der Waals surface area (Å²) in [5, 5.41) is 11.9. The third-order valence-electron chi connectivity index (χ3n) is 5.57. The number of allylic oxidation sites excluding steroid dienone is 2. The highest BCUT2D eigenvalue weighted by Gasteiger charge is 2.64. The van der Waals surface area contributed by atoms with Gasteiger partial charge in [-0.3, -0.25) is 9.59 Å². The van der Waals surface area contributed by atoms with Crippen molar-refractivity contribution in [3.8, 4) is 0 Å². The number of amides is 2. The van der Waals surface area contributed by atoms with E-state index in [0.29, 0.717) is 0 Å². The van der Waals surface area contributed by atoms with Gasteiger partial charge >= 0.3 is 5.97 Å². The molecule has 0 aromatic rings. The molecule has 7 nitrogen and oxygen atoms in total. The SMILES string of the molecule is CC(N)(C(=O)N[C@@H]1C(=O)N2[C@@H]1SC(C)(C)[C@@H]2C(=O)O)C1CC=CCC1. The van der Waals surface area contributed by atoms with E-state index in [9.17, 15) is 19.5 Å². The van der Waals surface area contributed by atoms with E-state index in [-0.39, 0.29) is 23.1 Å². The number of aliphatic carboxylic acids is 1. The maximum atomic E-state index is 12.7. The lowest BCUT2D eigenvalue weighted by atomic mass is 9.78. The average Bonchev–Trinajstić information content (AvgIpc) is 2.81. The first kappa shape index (κ1) is 18.3. The molecule has 2 saturated heterocycles. The summed E-state index contributed by atoms with van der Waals surface area (Å²) in [5.41, 5.74) is 5.24. The summed E-state index contributed by atoms with van der Waals surface area (Å²) in [7, 11) is 0. The third kappa shape index (κ3) is 2.85. The van der Waals surface area contributed by atoms with Crippen molar-refractivity contribution in [3.05, 3.63) is 12.2 Å². The predicted octanol–water partition coefficient (Wildman–Crippen LogP) is 0.692. The van der Waals surface area contributed by atoms with E-state index < -0.39 is 28.3 Å². The Balaban J connectivity index is 1.70. The minimum absolute atomic E-state index is 0.0308. The Bertz CT molecular complexity index is 646. The van der Waals surface area contributed by atoms with Gasteiger partial charge in [0.2, 0.25) is 11.8 Å². The quantitative estimate of drug-likeness (QED) is 0.498. The molecule has 0 bridgehead atoms. The number of nitrogens with zero attached hydrogens (tertiary/aromatic N) is 1. The summed E-state index contributed by atoms with van der Waals surface area (Å²) < 4.78 is -0.605. The molecule has 4 N–H and O–H groups in total. The highest BCUT2D eigenvalue weighted by atomic mass is 32.2. The van der Waals surface area contributed by atoms with E-state index in [4.69, 9.17) is 5.73 Å². The zero-order chi connectivity index (χ0) is 18.6. The van der Waals surface area contributed by atoms with Gasteiger partial charge in [0.25, 0.3) is 0 Å². The summed E-state index contributed by atoms with van der Waals surface area (Å²) in [6, 6.07) is -1.58. The lowest BCUT2D eigenvalue weighted by Crippen LogP contribution is -2.73. The van der Waals surface area contributed by atoms with Crippen LogP contribution < -0.4 is 11.1 Å². The molecule has 2 unspecified atom stereocenters. The zero-order valence-corrected chi connectivity index (χ0v) is 15.5. The summed E-state index contributed by atoms with van der Waals surface area (Å²) in [5.74, 6) is -1.68. The van der Waals surface area contributed by atoms with E-state index in [0.717, 1.165) is 19.3 Å². The first-order chi connectivity index (χ1) is 11.6. The molecule has 3 aliphatic rings. The van der Waals surface area contributed by atoms with Crippen molar-refractivity contribution < 1.29 is 19.5 Å². The predicted molar refractivity (Wildman–Crippen MR) is 94.7 cm³/mol. The molecule has 2 amide bonds. The minimum atomic E-state index is -1.06. The van der Waals surface area contributed by atoms with Crippen molar-refractivity contribution in [2.75, 3.05) is 0 Å². The molecule has 0 spiro atoms. The van der Waals surface area contributed by atoms with Crippen molar-refractivity contribution >= 4 is 29.5 Å². The van der Waals surface area contributed by atoms with Crippen LogP contribution in [0.25, 0.3) is 0 Å². The van der Waals surface area contributed by atoms with Gasteiger partial charge in [-0.1, -0.05) is 12.2 Å². The van der Waals surface area contributed by atoms with Crippen LogP contribution in [0, 0.1) is 5.92 Å². The van der Waals surface area contributed by atoms with Gasteiger partial charge in [0, 0.05) is 4.75 Å². The standard InChI is InChI=1S/C17H25N3O4S/c1-16(2)11(14(22)23)20-12(21)10(13(20)25-16)19-15(24)17(3,18)9-7-5-4-6-8-9/h4-5,9-11,13H,6-8,18H2,1-3H3,(H,19,24)(H,22,23)/t9?,10-,11+,13-,17?/m1/s1. The van der Waals surface area contributed by atoms with E-state index in [2.05, 4.69) is 11.4 Å². The molecule has 0 aromatic heterocycles. The van der Waals surface area contributed by atoms with E-state index in [1.807, 2.05) is 19.9 Å². The number of rotatable bonds is 4. The first-order valence-corrected chi connectivity index (χ1v) is 9.43. The Morgan fingerprint density at radius 3 is 2.68 bits per heavy atom. The molecule has 0 aromatic carbocycles. The fourth-order valence-electron chi connectivity index (χ4n) is 3.97. The normalized spacial score (nSPS) is 35.5. The number of nitrogens with one attached hydrogen (secondary N) is 1. The summed E-state index contributed by atoms with van der Waals surface area (Å²) in [4.78, 5) is 38.1. The molecular weight excluding hydrogens is 342 g/mol. The fourth-order valence-corrected chi connectivity index (χ4v) is 5.59. The van der Waals surface area contributed by atoms with Crippen molar-refractivity contribution in [2.24, 2.45) is 11.7 Å². The number of thioether (sulfide) groups is 1. The second kappa shape index (κ2) is 6.02. The van der Waals surface area contributed by atoms with Gasteiger partial charge in [0.15, 0.2) is 0 Å². The van der Waals surface area contributed by atoms with Gasteiger partial charge in [-0.05, 0) is 46.0 Å². The topological polar surface area (TPSA) is 113 Å². The number of carboxylic acid groups (broad SMARTS) is 1. The highest BCUT2D eigenvalue weighted by Crippen LogP contribution is 2.50. The van der Waals surface area contributed by atoms with Crippen LogP contribution in [0.5, 0.6) is 0 Å². The molecule has 25 heavy (non-hydrogen) atoms. The second-order valence-electron chi connectivity index (χ2n) is 7.81. The van der Waals surface area contributed by atoms with Crippen LogP contribution in [0.15, 0.2) is 12.2 Å². The minimum Gasteiger partial charge on any atom is -0.480 e. The Morgan fingerprint density at radius 1 is 1.44 bits per heavy atom. The lowest BCUT2D eigenvalue weighted by Gasteiger charge is -2.45. The lowest BCUT2D eigenvalue weighted by molar-refractivity contribution is -0.161. The Labute approximate surface area is 151 Å². The van der Waals surface area contributed by atoms with Crippen LogP contribution >= 0.6 is 11.8 Å². The largest absolute Gasteiger partial charge is 0.480 e. The molecule has 3 rings (SSSR count). The van der Waals surface area contributed by atoms with E-state index in [1.165, 1.54) is 16.7 Å². The maximum absolute atomic E-state index is 12.7. The summed E-state index contributed by atoms with van der Waals surface area (Å²) in [6.07, 6.45) is 6.61. The highest BCUT2D eigenvalue weighted by molar-refractivity contribution is 8.01. The maximum Gasteiger partial charge on any atom is 0.327 e. The molecule has 0 saturated carbocycles. The zero-order valence-electron chi connectivity index (χ0n) is 14.7. The monoisotopic (exact) mass is 367 g/mol. The molecule has 138 valence electrons. The number of carbonyl (C=O) groups is 3. The number of hydrogen-bond acceptors (Lipinski definition) is 5. The number of hydrogen-bond donors (Lipinski definition) is 3. The van der Waals surface area contributed by atoms with Gasteiger partial charge in [-0.25, -0.2) is 4.79 Å². The van der Waals surface area contributed by atoms with Crippen molar-refractivity contribution in [2.45, 2.75) is 67.8 Å². The van der Waals surface area contributed by atoms with Crippen LogP contribution in [-0.4, -0.2) is 55.5 Å². The number of β-lactam (4-membered cyclic amide) rings is 1. The second-order valence-corrected chi connectivity index (χ2v) is 9.58. The van der Waals surface area contributed by atoms with Gasteiger partial charge in [0.05, 0.1) is 5.54 Å². The molecule has 8 heteroatoms. The molecule has 5 atom stereocenters. The van der Waals surface area contributed by atoms with E-state index >= 15 is 0 Å². The smallest absolute Gasteiger partial charge is 0.327 e. The Hall–Kier alpha value is -1.54. The molecule has 0 radical (unpaired) electrons. The van der Waals surface area contributed by atoms with Crippen LogP contribution in [0.4, 0.5) is 0 Å². The van der Waals surface area contributed by atoms with Crippen LogP contribution in [0.2, 0.25) is 0 Å². The number of carboxylic acids is 1. The first-order valence-electron chi connectivity index (χ1n) is 8.55.